The number of hydrogen-bond acceptors (Lipinski definition) is 3. The second-order valence-corrected chi connectivity index (χ2v) is 6.02. The predicted octanol–water partition coefficient (Wildman–Crippen LogP) is 1.92. The first kappa shape index (κ1) is 20.9. The van der Waals surface area contributed by atoms with Crippen LogP contribution in [0.1, 0.15) is 33.6 Å². The monoisotopic (exact) mass is 412 g/mol. The van der Waals surface area contributed by atoms with Crippen LogP contribution < -0.4 is 10.6 Å². The summed E-state index contributed by atoms with van der Waals surface area (Å²) in [4.78, 5) is 6.83. The van der Waals surface area contributed by atoms with Crippen molar-refractivity contribution in [2.24, 2.45) is 10.9 Å². The van der Waals surface area contributed by atoms with Crippen LogP contribution in [0.3, 0.4) is 0 Å². The minimum absolute atomic E-state index is 0. The summed E-state index contributed by atoms with van der Waals surface area (Å²) < 4.78 is 5.13. The summed E-state index contributed by atoms with van der Waals surface area (Å²) in [6.45, 7) is 10.8. The maximum Gasteiger partial charge on any atom is 0.191 e. The van der Waals surface area contributed by atoms with E-state index in [0.29, 0.717) is 12.6 Å². The fraction of sp³-hybridized carbons (Fsp3) is 0.933. The molecule has 0 radical (unpaired) electrons. The first-order chi connectivity index (χ1) is 9.56. The first-order valence-electron chi connectivity index (χ1n) is 7.77. The fourth-order valence-corrected chi connectivity index (χ4v) is 2.56. The normalized spacial score (nSPS) is 20.5. The van der Waals surface area contributed by atoms with E-state index >= 15 is 0 Å². The number of hydrogen-bond donors (Lipinski definition) is 2. The van der Waals surface area contributed by atoms with Crippen LogP contribution in [0.25, 0.3) is 0 Å². The Morgan fingerprint density at radius 1 is 1.33 bits per heavy atom. The Labute approximate surface area is 147 Å². The van der Waals surface area contributed by atoms with E-state index in [1.54, 1.807) is 7.11 Å². The number of piperidine rings is 1. The third-order valence-corrected chi connectivity index (χ3v) is 4.03. The van der Waals surface area contributed by atoms with Crippen molar-refractivity contribution in [1.29, 1.82) is 0 Å². The predicted molar refractivity (Wildman–Crippen MR) is 101 cm³/mol. The standard InChI is InChI=1S/C15H32N4O.HI/c1-12-6-8-19(9-7-12)14(3)10-17-15(16-4)18-13(2)11-20-5;/h12-14H,6-11H2,1-5H3,(H2,16,17,18);1H. The molecule has 0 aliphatic carbocycles. The Balaban J connectivity index is 0.00000400. The fourth-order valence-electron chi connectivity index (χ4n) is 2.56. The second-order valence-electron chi connectivity index (χ2n) is 6.02. The van der Waals surface area contributed by atoms with E-state index in [1.807, 2.05) is 7.05 Å². The number of likely N-dealkylation sites (tertiary alicyclic amines) is 1. The summed E-state index contributed by atoms with van der Waals surface area (Å²) in [6, 6.07) is 0.802. The Morgan fingerprint density at radius 3 is 2.48 bits per heavy atom. The molecule has 0 aromatic heterocycles. The van der Waals surface area contributed by atoms with Crippen LogP contribution >= 0.6 is 24.0 Å². The summed E-state index contributed by atoms with van der Waals surface area (Å²) in [5, 5.41) is 6.74. The molecule has 0 saturated carbocycles. The molecule has 1 rings (SSSR count). The van der Waals surface area contributed by atoms with Crippen molar-refractivity contribution in [3.05, 3.63) is 0 Å². The van der Waals surface area contributed by atoms with Crippen LogP contribution in [0.15, 0.2) is 4.99 Å². The number of aliphatic imine (C=N–C) groups is 1. The smallest absolute Gasteiger partial charge is 0.191 e. The zero-order chi connectivity index (χ0) is 15.0. The van der Waals surface area contributed by atoms with Gasteiger partial charge in [-0.25, -0.2) is 0 Å². The first-order valence-corrected chi connectivity index (χ1v) is 7.77. The molecular formula is C15H33IN4O. The summed E-state index contributed by atoms with van der Waals surface area (Å²) in [5.74, 6) is 1.74. The molecule has 6 heteroatoms. The van der Waals surface area contributed by atoms with Crippen molar-refractivity contribution in [3.63, 3.8) is 0 Å². The Kier molecular flexibility index (Phi) is 11.4. The minimum Gasteiger partial charge on any atom is -0.383 e. The lowest BCUT2D eigenvalue weighted by molar-refractivity contribution is 0.147. The third kappa shape index (κ3) is 8.21. The number of guanidine groups is 1. The highest BCUT2D eigenvalue weighted by molar-refractivity contribution is 14.0. The molecule has 1 saturated heterocycles. The summed E-state index contributed by atoms with van der Waals surface area (Å²) >= 11 is 0. The third-order valence-electron chi connectivity index (χ3n) is 4.03. The van der Waals surface area contributed by atoms with E-state index in [4.69, 9.17) is 4.74 Å². The molecule has 0 bridgehead atoms. The van der Waals surface area contributed by atoms with Crippen LogP contribution in [0.5, 0.6) is 0 Å². The van der Waals surface area contributed by atoms with Crippen molar-refractivity contribution >= 4 is 29.9 Å². The van der Waals surface area contributed by atoms with E-state index in [0.717, 1.165) is 18.4 Å². The highest BCUT2D eigenvalue weighted by Gasteiger charge is 2.20. The molecule has 126 valence electrons. The van der Waals surface area contributed by atoms with E-state index in [1.165, 1.54) is 25.9 Å². The van der Waals surface area contributed by atoms with Gasteiger partial charge in [-0.3, -0.25) is 9.89 Å². The molecule has 21 heavy (non-hydrogen) atoms. The average molecular weight is 412 g/mol. The highest BCUT2D eigenvalue weighted by atomic mass is 127. The lowest BCUT2D eigenvalue weighted by Crippen LogP contribution is -2.50. The molecular weight excluding hydrogens is 379 g/mol. The molecule has 0 aromatic carbocycles. The average Bonchev–Trinajstić information content (AvgIpc) is 2.44. The van der Waals surface area contributed by atoms with E-state index in [-0.39, 0.29) is 30.0 Å². The van der Waals surface area contributed by atoms with Crippen molar-refractivity contribution in [3.8, 4) is 0 Å². The van der Waals surface area contributed by atoms with Gasteiger partial charge in [0.1, 0.15) is 0 Å². The quantitative estimate of drug-likeness (QED) is 0.398. The van der Waals surface area contributed by atoms with Gasteiger partial charge in [0.05, 0.1) is 6.61 Å². The molecule has 0 amide bonds. The van der Waals surface area contributed by atoms with Gasteiger partial charge in [0.25, 0.3) is 0 Å². The van der Waals surface area contributed by atoms with Crippen LogP contribution in [0, 0.1) is 5.92 Å². The maximum absolute atomic E-state index is 5.13. The highest BCUT2D eigenvalue weighted by Crippen LogP contribution is 2.17. The Bertz CT molecular complexity index is 293. The minimum atomic E-state index is 0. The van der Waals surface area contributed by atoms with Gasteiger partial charge in [-0.1, -0.05) is 6.92 Å². The van der Waals surface area contributed by atoms with E-state index in [9.17, 15) is 0 Å². The molecule has 2 N–H and O–H groups in total. The zero-order valence-corrected chi connectivity index (χ0v) is 16.5. The van der Waals surface area contributed by atoms with Gasteiger partial charge in [0.15, 0.2) is 5.96 Å². The Morgan fingerprint density at radius 2 is 1.95 bits per heavy atom. The molecule has 0 spiro atoms. The van der Waals surface area contributed by atoms with Gasteiger partial charge in [-0.15, -0.1) is 24.0 Å². The van der Waals surface area contributed by atoms with Crippen molar-refractivity contribution < 1.29 is 4.74 Å². The molecule has 2 atom stereocenters. The van der Waals surface area contributed by atoms with Gasteiger partial charge in [0.2, 0.25) is 0 Å². The Hall–Kier alpha value is -0.0800. The number of ether oxygens (including phenoxy) is 1. The number of methoxy groups -OCH3 is 1. The molecule has 1 heterocycles. The van der Waals surface area contributed by atoms with Crippen LogP contribution in [0.2, 0.25) is 0 Å². The summed E-state index contributed by atoms with van der Waals surface area (Å²) in [5.41, 5.74) is 0. The largest absolute Gasteiger partial charge is 0.383 e. The zero-order valence-electron chi connectivity index (χ0n) is 14.2. The van der Waals surface area contributed by atoms with Gasteiger partial charge >= 0.3 is 0 Å². The topological polar surface area (TPSA) is 48.9 Å². The lowest BCUT2D eigenvalue weighted by Gasteiger charge is -2.35. The maximum atomic E-state index is 5.13. The van der Waals surface area contributed by atoms with Gasteiger partial charge in [-0.2, -0.15) is 0 Å². The lowest BCUT2D eigenvalue weighted by atomic mass is 9.98. The number of nitrogens with one attached hydrogen (secondary N) is 2. The van der Waals surface area contributed by atoms with Crippen LogP contribution in [0.4, 0.5) is 0 Å². The van der Waals surface area contributed by atoms with Gasteiger partial charge in [0, 0.05) is 32.8 Å². The summed E-state index contributed by atoms with van der Waals surface area (Å²) in [6.07, 6.45) is 2.64. The molecule has 1 fully saturated rings. The van der Waals surface area contributed by atoms with Crippen molar-refractivity contribution in [2.75, 3.05) is 40.4 Å². The van der Waals surface area contributed by atoms with E-state index in [2.05, 4.69) is 41.3 Å². The second kappa shape index (κ2) is 11.5. The number of rotatable bonds is 6. The molecule has 2 unspecified atom stereocenters. The van der Waals surface area contributed by atoms with Crippen molar-refractivity contribution in [2.45, 2.75) is 45.7 Å². The number of nitrogens with zero attached hydrogens (tertiary/aromatic N) is 2. The molecule has 1 aliphatic heterocycles. The SMILES string of the molecule is CN=C(NCC(C)N1CCC(C)CC1)NC(C)COC.I. The molecule has 1 aliphatic rings. The van der Waals surface area contributed by atoms with Crippen LogP contribution in [-0.2, 0) is 4.74 Å². The van der Waals surface area contributed by atoms with Crippen LogP contribution in [-0.4, -0.2) is 63.3 Å². The van der Waals surface area contributed by atoms with Gasteiger partial charge < -0.3 is 15.4 Å². The summed E-state index contributed by atoms with van der Waals surface area (Å²) in [7, 11) is 3.52. The van der Waals surface area contributed by atoms with E-state index < -0.39 is 0 Å². The molecule has 0 aromatic rings. The van der Waals surface area contributed by atoms with Crippen molar-refractivity contribution in [1.82, 2.24) is 15.5 Å². The van der Waals surface area contributed by atoms with Gasteiger partial charge in [-0.05, 0) is 45.7 Å². The number of halogens is 1. The molecule has 5 nitrogen and oxygen atoms in total.